The Balaban J connectivity index is 1.84. The molecular weight excluding hydrogens is 336 g/mol. The van der Waals surface area contributed by atoms with Crippen LogP contribution >= 0.6 is 11.8 Å². The summed E-state index contributed by atoms with van der Waals surface area (Å²) in [6.45, 7) is 3.87. The molecule has 2 rings (SSSR count). The van der Waals surface area contributed by atoms with Crippen molar-refractivity contribution in [1.82, 2.24) is 15.5 Å². The van der Waals surface area contributed by atoms with Gasteiger partial charge in [0.2, 0.25) is 17.7 Å². The van der Waals surface area contributed by atoms with Crippen LogP contribution in [0.4, 0.5) is 0 Å². The molecule has 1 unspecified atom stereocenters. The van der Waals surface area contributed by atoms with Crippen LogP contribution in [0, 0.1) is 0 Å². The van der Waals surface area contributed by atoms with Gasteiger partial charge in [0, 0.05) is 5.75 Å². The van der Waals surface area contributed by atoms with Crippen molar-refractivity contribution in [3.05, 3.63) is 0 Å². The Morgan fingerprint density at radius 2 is 2.00 bits per heavy atom. The predicted octanol–water partition coefficient (Wildman–Crippen LogP) is -2.65. The molecular formula is C14H24N4O5S. The summed E-state index contributed by atoms with van der Waals surface area (Å²) < 4.78 is 0. The van der Waals surface area contributed by atoms with Crippen LogP contribution in [-0.2, 0) is 14.4 Å². The fourth-order valence-corrected chi connectivity index (χ4v) is 4.22. The van der Waals surface area contributed by atoms with Crippen LogP contribution in [0.1, 0.15) is 20.3 Å². The Morgan fingerprint density at radius 3 is 2.50 bits per heavy atom. The highest BCUT2D eigenvalue weighted by Gasteiger charge is 2.51. The molecule has 3 amide bonds. The molecule has 10 heteroatoms. The van der Waals surface area contributed by atoms with Crippen molar-refractivity contribution in [1.29, 1.82) is 0 Å². The predicted molar refractivity (Wildman–Crippen MR) is 87.8 cm³/mol. The molecule has 9 nitrogen and oxygen atoms in total. The van der Waals surface area contributed by atoms with Crippen molar-refractivity contribution >= 4 is 29.5 Å². The van der Waals surface area contributed by atoms with Crippen molar-refractivity contribution in [2.24, 2.45) is 5.73 Å². The Hall–Kier alpha value is -1.36. The van der Waals surface area contributed by atoms with E-state index in [0.717, 1.165) is 0 Å². The molecule has 0 aromatic heterocycles. The van der Waals surface area contributed by atoms with Crippen LogP contribution in [0.3, 0.4) is 0 Å². The van der Waals surface area contributed by atoms with Gasteiger partial charge in [-0.1, -0.05) is 0 Å². The highest BCUT2D eigenvalue weighted by molar-refractivity contribution is 8.01. The molecule has 0 aliphatic carbocycles. The summed E-state index contributed by atoms with van der Waals surface area (Å²) in [6, 6.07) is -1.66. The third-order valence-electron chi connectivity index (χ3n) is 4.08. The first-order valence-electron chi connectivity index (χ1n) is 7.79. The second-order valence-corrected chi connectivity index (χ2v) is 7.84. The number of primary amides is 1. The molecule has 2 fully saturated rings. The third kappa shape index (κ3) is 4.18. The lowest BCUT2D eigenvalue weighted by Crippen LogP contribution is -2.68. The monoisotopic (exact) mass is 360 g/mol. The number of carbonyl (C=O) groups is 3. The number of aliphatic hydroxyl groups is 2. The highest BCUT2D eigenvalue weighted by atomic mass is 32.2. The minimum atomic E-state index is -1.13. The van der Waals surface area contributed by atoms with Crippen molar-refractivity contribution in [3.8, 4) is 0 Å². The fraction of sp³-hybridized carbons (Fsp3) is 0.786. The zero-order valence-corrected chi connectivity index (χ0v) is 14.5. The lowest BCUT2D eigenvalue weighted by Gasteiger charge is -2.47. The van der Waals surface area contributed by atoms with Gasteiger partial charge < -0.3 is 26.2 Å². The van der Waals surface area contributed by atoms with Gasteiger partial charge in [-0.3, -0.25) is 19.7 Å². The summed E-state index contributed by atoms with van der Waals surface area (Å²) in [5, 5.41) is 24.4. The number of rotatable bonds is 6. The molecule has 0 saturated carbocycles. The zero-order valence-electron chi connectivity index (χ0n) is 13.7. The lowest BCUT2D eigenvalue weighted by molar-refractivity contribution is -0.139. The summed E-state index contributed by atoms with van der Waals surface area (Å²) >= 11 is 1.54. The molecule has 24 heavy (non-hydrogen) atoms. The first kappa shape index (κ1) is 19.0. The first-order valence-corrected chi connectivity index (χ1v) is 8.77. The van der Waals surface area contributed by atoms with Crippen LogP contribution in [0.5, 0.6) is 0 Å². The summed E-state index contributed by atoms with van der Waals surface area (Å²) in [6.07, 6.45) is -1.67. The normalized spacial score (nSPS) is 25.7. The molecule has 2 aliphatic heterocycles. The van der Waals surface area contributed by atoms with Gasteiger partial charge in [0.25, 0.3) is 0 Å². The Morgan fingerprint density at radius 1 is 1.38 bits per heavy atom. The van der Waals surface area contributed by atoms with Gasteiger partial charge in [0.15, 0.2) is 0 Å². The number of carbonyl (C=O) groups excluding carboxylic acids is 3. The Kier molecular flexibility index (Phi) is 5.74. The Bertz CT molecular complexity index is 521. The van der Waals surface area contributed by atoms with E-state index < -0.39 is 36.1 Å². The van der Waals surface area contributed by atoms with Crippen LogP contribution in [0.2, 0.25) is 0 Å². The number of amides is 3. The number of nitrogens with one attached hydrogen (secondary N) is 2. The minimum absolute atomic E-state index is 0.0827. The van der Waals surface area contributed by atoms with Gasteiger partial charge in [-0.15, -0.1) is 11.8 Å². The van der Waals surface area contributed by atoms with E-state index in [1.807, 2.05) is 0 Å². The molecule has 4 atom stereocenters. The lowest BCUT2D eigenvalue weighted by atomic mass is 10.1. The summed E-state index contributed by atoms with van der Waals surface area (Å²) in [5.41, 5.74) is 5.16. The van der Waals surface area contributed by atoms with E-state index in [1.165, 1.54) is 6.92 Å². The van der Waals surface area contributed by atoms with E-state index in [-0.39, 0.29) is 17.2 Å². The van der Waals surface area contributed by atoms with E-state index in [9.17, 15) is 24.6 Å². The number of likely N-dealkylation sites (tertiary alicyclic amines) is 1. The maximum atomic E-state index is 12.2. The summed E-state index contributed by atoms with van der Waals surface area (Å²) in [7, 11) is 0. The van der Waals surface area contributed by atoms with Crippen molar-refractivity contribution in [2.45, 2.75) is 49.4 Å². The van der Waals surface area contributed by atoms with Crippen LogP contribution in [0.25, 0.3) is 0 Å². The molecule has 2 heterocycles. The van der Waals surface area contributed by atoms with E-state index in [1.54, 1.807) is 23.6 Å². The summed E-state index contributed by atoms with van der Waals surface area (Å²) in [4.78, 5) is 36.6. The van der Waals surface area contributed by atoms with Gasteiger partial charge in [-0.05, 0) is 13.8 Å². The van der Waals surface area contributed by atoms with Gasteiger partial charge in [0.1, 0.15) is 10.9 Å². The highest BCUT2D eigenvalue weighted by Crippen LogP contribution is 2.38. The number of hydrogen-bond acceptors (Lipinski definition) is 7. The van der Waals surface area contributed by atoms with Crippen LogP contribution in [-0.4, -0.2) is 80.8 Å². The van der Waals surface area contributed by atoms with E-state index in [0.29, 0.717) is 18.8 Å². The SMILES string of the molecule is C[C@@H](O)CC(=O)N1CC2(C1)NC(C(=O)N[C@H](C(N)=O)[C@@H](C)O)CS2. The third-order valence-corrected chi connectivity index (χ3v) is 5.51. The van der Waals surface area contributed by atoms with E-state index in [4.69, 9.17) is 5.73 Å². The molecule has 0 bridgehead atoms. The smallest absolute Gasteiger partial charge is 0.242 e. The quantitative estimate of drug-likeness (QED) is 0.348. The summed E-state index contributed by atoms with van der Waals surface area (Å²) in [5.74, 6) is -0.820. The molecule has 2 aliphatic rings. The van der Waals surface area contributed by atoms with Crippen molar-refractivity contribution < 1.29 is 24.6 Å². The second kappa shape index (κ2) is 7.26. The average molecular weight is 360 g/mol. The number of aliphatic hydroxyl groups excluding tert-OH is 2. The fourth-order valence-electron chi connectivity index (χ4n) is 2.78. The Labute approximate surface area is 144 Å². The maximum absolute atomic E-state index is 12.2. The number of nitrogens with zero attached hydrogens (tertiary/aromatic N) is 1. The molecule has 0 aromatic rings. The second-order valence-electron chi connectivity index (χ2n) is 6.43. The molecule has 136 valence electrons. The van der Waals surface area contributed by atoms with E-state index >= 15 is 0 Å². The molecule has 0 radical (unpaired) electrons. The van der Waals surface area contributed by atoms with Gasteiger partial charge in [0.05, 0.1) is 37.8 Å². The average Bonchev–Trinajstić information content (AvgIpc) is 2.86. The molecule has 2 saturated heterocycles. The maximum Gasteiger partial charge on any atom is 0.242 e. The first-order chi connectivity index (χ1) is 11.1. The molecule has 6 N–H and O–H groups in total. The number of thioether (sulfide) groups is 1. The largest absolute Gasteiger partial charge is 0.393 e. The number of nitrogens with two attached hydrogens (primary N) is 1. The van der Waals surface area contributed by atoms with E-state index in [2.05, 4.69) is 10.6 Å². The molecule has 0 aromatic carbocycles. The van der Waals surface area contributed by atoms with Gasteiger partial charge in [-0.25, -0.2) is 0 Å². The van der Waals surface area contributed by atoms with Crippen LogP contribution < -0.4 is 16.4 Å². The van der Waals surface area contributed by atoms with Gasteiger partial charge in [-0.2, -0.15) is 0 Å². The minimum Gasteiger partial charge on any atom is -0.393 e. The van der Waals surface area contributed by atoms with Crippen molar-refractivity contribution in [2.75, 3.05) is 18.8 Å². The van der Waals surface area contributed by atoms with Gasteiger partial charge >= 0.3 is 0 Å². The standard InChI is InChI=1S/C14H24N4O5S/c1-7(19)3-10(21)18-5-14(6-18)17-9(4-24-14)13(23)16-11(8(2)20)12(15)22/h7-9,11,17,19-20H,3-6H2,1-2H3,(H2,15,22)(H,16,23)/t7-,8-,9?,11+/m1/s1. The molecule has 1 spiro atoms. The number of hydrogen-bond donors (Lipinski definition) is 5. The van der Waals surface area contributed by atoms with Crippen molar-refractivity contribution in [3.63, 3.8) is 0 Å². The zero-order chi connectivity index (χ0) is 18.1. The topological polar surface area (TPSA) is 145 Å². The van der Waals surface area contributed by atoms with Crippen LogP contribution in [0.15, 0.2) is 0 Å².